The lowest BCUT2D eigenvalue weighted by atomic mass is 10.3. The van der Waals surface area contributed by atoms with Crippen LogP contribution in [-0.4, -0.2) is 6.61 Å². The molecule has 0 radical (unpaired) electrons. The maximum absolute atomic E-state index is 5.07. The smallest absolute Gasteiger partial charge is 0.112 e. The van der Waals surface area contributed by atoms with Crippen LogP contribution in [0.25, 0.3) is 0 Å². The first-order valence-corrected chi connectivity index (χ1v) is 3.32. The summed E-state index contributed by atoms with van der Waals surface area (Å²) in [6.07, 6.45) is 3.68. The molecule has 0 bridgehead atoms. The van der Waals surface area contributed by atoms with Crippen molar-refractivity contribution in [3.8, 4) is 0 Å². The molecule has 0 saturated heterocycles. The van der Waals surface area contributed by atoms with Crippen LogP contribution in [-0.2, 0) is 4.74 Å². The van der Waals surface area contributed by atoms with E-state index in [1.165, 1.54) is 0 Å². The first kappa shape index (κ1) is 9.02. The molecule has 10 heavy (non-hydrogen) atoms. The van der Waals surface area contributed by atoms with Crippen molar-refractivity contribution in [2.24, 2.45) is 0 Å². The van der Waals surface area contributed by atoms with E-state index in [9.17, 15) is 0 Å². The SMILES string of the molecule is C=C(C)C=CC(=C)OCC. The predicted octanol–water partition coefficient (Wildman–Crippen LogP) is 2.67. The van der Waals surface area contributed by atoms with Gasteiger partial charge >= 0.3 is 0 Å². The molecule has 0 rings (SSSR count). The Hall–Kier alpha value is -0.980. The van der Waals surface area contributed by atoms with Crippen molar-refractivity contribution in [1.29, 1.82) is 0 Å². The van der Waals surface area contributed by atoms with Gasteiger partial charge < -0.3 is 4.74 Å². The Morgan fingerprint density at radius 3 is 2.40 bits per heavy atom. The molecule has 0 amide bonds. The van der Waals surface area contributed by atoms with Crippen LogP contribution < -0.4 is 0 Å². The molecule has 56 valence electrons. The molecule has 0 aromatic heterocycles. The largest absolute Gasteiger partial charge is 0.495 e. The highest BCUT2D eigenvalue weighted by Crippen LogP contribution is 1.98. The molecule has 1 heteroatoms. The highest BCUT2D eigenvalue weighted by Gasteiger charge is 1.82. The van der Waals surface area contributed by atoms with Crippen LogP contribution in [0.1, 0.15) is 13.8 Å². The molecule has 0 fully saturated rings. The van der Waals surface area contributed by atoms with Gasteiger partial charge in [0.15, 0.2) is 0 Å². The third-order valence-corrected chi connectivity index (χ3v) is 0.883. The van der Waals surface area contributed by atoms with E-state index in [-0.39, 0.29) is 0 Å². The maximum atomic E-state index is 5.07. The molecular weight excluding hydrogens is 124 g/mol. The third-order valence-electron chi connectivity index (χ3n) is 0.883. The van der Waals surface area contributed by atoms with E-state index in [4.69, 9.17) is 4.74 Å². The van der Waals surface area contributed by atoms with E-state index in [0.717, 1.165) is 5.57 Å². The first-order chi connectivity index (χ1) is 4.66. The first-order valence-electron chi connectivity index (χ1n) is 3.32. The number of hydrogen-bond donors (Lipinski definition) is 0. The molecule has 0 aliphatic heterocycles. The van der Waals surface area contributed by atoms with E-state index >= 15 is 0 Å². The Bertz CT molecular complexity index is 154. The maximum Gasteiger partial charge on any atom is 0.112 e. The number of hydrogen-bond acceptors (Lipinski definition) is 1. The highest BCUT2D eigenvalue weighted by atomic mass is 16.5. The molecule has 0 atom stereocenters. The van der Waals surface area contributed by atoms with E-state index < -0.39 is 0 Å². The minimum Gasteiger partial charge on any atom is -0.495 e. The molecule has 0 aromatic rings. The van der Waals surface area contributed by atoms with Crippen molar-refractivity contribution in [1.82, 2.24) is 0 Å². The Kier molecular flexibility index (Phi) is 4.38. The quantitative estimate of drug-likeness (QED) is 0.428. The van der Waals surface area contributed by atoms with Gasteiger partial charge in [0.05, 0.1) is 6.61 Å². The zero-order valence-electron chi connectivity index (χ0n) is 6.68. The van der Waals surface area contributed by atoms with Crippen LogP contribution >= 0.6 is 0 Å². The third kappa shape index (κ3) is 5.16. The standard InChI is InChI=1S/C9H14O/c1-5-10-9(4)7-6-8(2)3/h6-7H,2,4-5H2,1,3H3. The van der Waals surface area contributed by atoms with Crippen molar-refractivity contribution in [3.05, 3.63) is 36.6 Å². The summed E-state index contributed by atoms with van der Waals surface area (Å²) in [4.78, 5) is 0. The average Bonchev–Trinajstić information content (AvgIpc) is 1.85. The minimum absolute atomic E-state index is 0.666. The summed E-state index contributed by atoms with van der Waals surface area (Å²) >= 11 is 0. The van der Waals surface area contributed by atoms with Gasteiger partial charge in [0.2, 0.25) is 0 Å². The van der Waals surface area contributed by atoms with Crippen molar-refractivity contribution < 1.29 is 4.74 Å². The van der Waals surface area contributed by atoms with Crippen LogP contribution in [0.2, 0.25) is 0 Å². The van der Waals surface area contributed by atoms with Crippen molar-refractivity contribution in [2.45, 2.75) is 13.8 Å². The lowest BCUT2D eigenvalue weighted by Crippen LogP contribution is -1.84. The van der Waals surface area contributed by atoms with Crippen LogP contribution in [0, 0.1) is 0 Å². The Morgan fingerprint density at radius 1 is 1.40 bits per heavy atom. The van der Waals surface area contributed by atoms with Crippen molar-refractivity contribution in [3.63, 3.8) is 0 Å². The zero-order valence-corrected chi connectivity index (χ0v) is 6.68. The average molecular weight is 138 g/mol. The van der Waals surface area contributed by atoms with Gasteiger partial charge in [-0.05, 0) is 19.9 Å². The van der Waals surface area contributed by atoms with Crippen LogP contribution in [0.15, 0.2) is 36.6 Å². The Morgan fingerprint density at radius 2 is 2.00 bits per heavy atom. The molecule has 0 saturated carbocycles. The van der Waals surface area contributed by atoms with E-state index in [1.54, 1.807) is 0 Å². The van der Waals surface area contributed by atoms with E-state index in [2.05, 4.69) is 13.2 Å². The van der Waals surface area contributed by atoms with Crippen LogP contribution in [0.5, 0.6) is 0 Å². The second-order valence-corrected chi connectivity index (χ2v) is 2.08. The fourth-order valence-electron chi connectivity index (χ4n) is 0.469. The monoisotopic (exact) mass is 138 g/mol. The molecular formula is C9H14O. The minimum atomic E-state index is 0.666. The van der Waals surface area contributed by atoms with E-state index in [0.29, 0.717) is 12.4 Å². The fourth-order valence-corrected chi connectivity index (χ4v) is 0.469. The van der Waals surface area contributed by atoms with Gasteiger partial charge in [-0.15, -0.1) is 0 Å². The topological polar surface area (TPSA) is 9.23 Å². The lowest BCUT2D eigenvalue weighted by Gasteiger charge is -1.99. The van der Waals surface area contributed by atoms with Gasteiger partial charge in [-0.3, -0.25) is 0 Å². The fraction of sp³-hybridized carbons (Fsp3) is 0.333. The summed E-state index contributed by atoms with van der Waals surface area (Å²) in [5, 5.41) is 0. The van der Waals surface area contributed by atoms with Gasteiger partial charge in [-0.25, -0.2) is 0 Å². The second-order valence-electron chi connectivity index (χ2n) is 2.08. The summed E-state index contributed by atoms with van der Waals surface area (Å²) in [7, 11) is 0. The molecule has 0 N–H and O–H groups in total. The van der Waals surface area contributed by atoms with Gasteiger partial charge in [-0.1, -0.05) is 24.8 Å². The number of ether oxygens (including phenoxy) is 1. The molecule has 0 unspecified atom stereocenters. The van der Waals surface area contributed by atoms with E-state index in [1.807, 2.05) is 26.0 Å². The van der Waals surface area contributed by atoms with Crippen molar-refractivity contribution in [2.75, 3.05) is 6.61 Å². The van der Waals surface area contributed by atoms with Crippen LogP contribution in [0.3, 0.4) is 0 Å². The molecule has 0 aliphatic carbocycles. The van der Waals surface area contributed by atoms with Gasteiger partial charge in [-0.2, -0.15) is 0 Å². The summed E-state index contributed by atoms with van der Waals surface area (Å²) < 4.78 is 5.07. The second kappa shape index (κ2) is 4.86. The predicted molar refractivity (Wildman–Crippen MR) is 44.7 cm³/mol. The molecule has 1 nitrogen and oxygen atoms in total. The normalized spacial score (nSPS) is 9.80. The summed E-state index contributed by atoms with van der Waals surface area (Å²) in [5.74, 6) is 0.686. The van der Waals surface area contributed by atoms with Gasteiger partial charge in [0.25, 0.3) is 0 Å². The molecule has 0 spiro atoms. The molecule has 0 heterocycles. The summed E-state index contributed by atoms with van der Waals surface area (Å²) in [5.41, 5.74) is 1.00. The Balaban J connectivity index is 3.67. The zero-order chi connectivity index (χ0) is 7.98. The van der Waals surface area contributed by atoms with Crippen LogP contribution in [0.4, 0.5) is 0 Å². The summed E-state index contributed by atoms with van der Waals surface area (Å²) in [6.45, 7) is 11.9. The van der Waals surface area contributed by atoms with Gasteiger partial charge in [0.1, 0.15) is 5.76 Å². The summed E-state index contributed by atoms with van der Waals surface area (Å²) in [6, 6.07) is 0. The highest BCUT2D eigenvalue weighted by molar-refractivity contribution is 5.19. The van der Waals surface area contributed by atoms with Gasteiger partial charge in [0, 0.05) is 0 Å². The lowest BCUT2D eigenvalue weighted by molar-refractivity contribution is 0.244. The molecule has 0 aliphatic rings. The number of rotatable bonds is 4. The van der Waals surface area contributed by atoms with Crippen molar-refractivity contribution >= 4 is 0 Å². The molecule has 0 aromatic carbocycles. The number of allylic oxidation sites excluding steroid dienone is 3. The Labute approximate surface area is 62.7 Å².